The summed E-state index contributed by atoms with van der Waals surface area (Å²) in [5.41, 5.74) is 1.20. The number of carbonyl (C=O) groups excluding carboxylic acids is 1. The van der Waals surface area contributed by atoms with Crippen LogP contribution in [0.15, 0.2) is 24.3 Å². The number of fused-ring (bicyclic) bond motifs is 1. The van der Waals surface area contributed by atoms with Crippen LogP contribution in [0, 0.1) is 0 Å². The third kappa shape index (κ3) is 2.44. The Morgan fingerprint density at radius 3 is 2.10 bits per heavy atom. The van der Waals surface area contributed by atoms with Crippen molar-refractivity contribution in [1.29, 1.82) is 0 Å². The first-order valence-electron chi connectivity index (χ1n) is 7.26. The van der Waals surface area contributed by atoms with Crippen LogP contribution in [-0.2, 0) is 4.74 Å². The highest BCUT2D eigenvalue weighted by molar-refractivity contribution is 5.89. The number of hydrogen-bond acceptors (Lipinski definition) is 6. The number of carbonyl (C=O) groups is 1. The monoisotopic (exact) mass is 292 g/mol. The molecule has 0 aromatic heterocycles. The number of hydroxylamine groups is 4. The fourth-order valence-electron chi connectivity index (χ4n) is 3.41. The minimum absolute atomic E-state index is 0.0333. The highest BCUT2D eigenvalue weighted by atomic mass is 16.6. The van der Waals surface area contributed by atoms with Gasteiger partial charge in [-0.05, 0) is 30.5 Å². The van der Waals surface area contributed by atoms with Crippen molar-refractivity contribution in [3.05, 3.63) is 35.4 Å². The van der Waals surface area contributed by atoms with Crippen LogP contribution < -0.4 is 0 Å². The summed E-state index contributed by atoms with van der Waals surface area (Å²) in [5.74, 6) is -0.400. The molecule has 1 saturated heterocycles. The molecule has 1 aromatic carbocycles. The van der Waals surface area contributed by atoms with Gasteiger partial charge in [0.2, 0.25) is 0 Å². The lowest BCUT2D eigenvalue weighted by Crippen LogP contribution is -2.37. The second-order valence-corrected chi connectivity index (χ2v) is 5.67. The molecule has 1 aliphatic heterocycles. The summed E-state index contributed by atoms with van der Waals surface area (Å²) >= 11 is 0. The molecule has 0 amide bonds. The second kappa shape index (κ2) is 5.73. The minimum Gasteiger partial charge on any atom is -0.465 e. The largest absolute Gasteiger partial charge is 0.465 e. The average molecular weight is 292 g/mol. The molecule has 1 saturated carbocycles. The topological polar surface area (TPSA) is 73.2 Å². The first-order valence-corrected chi connectivity index (χ1v) is 7.26. The Kier molecular flexibility index (Phi) is 3.95. The Bertz CT molecular complexity index is 501. The van der Waals surface area contributed by atoms with Crippen molar-refractivity contribution in [2.24, 2.45) is 0 Å². The number of hydrogen-bond donors (Lipinski definition) is 2. The van der Waals surface area contributed by atoms with Crippen LogP contribution in [-0.4, -0.2) is 45.7 Å². The maximum Gasteiger partial charge on any atom is 0.337 e. The van der Waals surface area contributed by atoms with Gasteiger partial charge in [0.15, 0.2) is 0 Å². The van der Waals surface area contributed by atoms with Crippen molar-refractivity contribution in [3.63, 3.8) is 0 Å². The zero-order chi connectivity index (χ0) is 15.0. The summed E-state index contributed by atoms with van der Waals surface area (Å²) in [6, 6.07) is 6.69. The molecule has 2 fully saturated rings. The Labute approximate surface area is 123 Å². The Morgan fingerprint density at radius 1 is 1.10 bits per heavy atom. The molecule has 2 atom stereocenters. The number of methoxy groups -OCH3 is 1. The fraction of sp³-hybridized carbons (Fsp3) is 0.533. The molecule has 1 aliphatic carbocycles. The summed E-state index contributed by atoms with van der Waals surface area (Å²) < 4.78 is 4.66. The molecule has 0 spiro atoms. The third-order valence-corrected chi connectivity index (χ3v) is 4.50. The van der Waals surface area contributed by atoms with Crippen LogP contribution in [0.2, 0.25) is 0 Å². The number of ether oxygens (including phenoxy) is 1. The van der Waals surface area contributed by atoms with E-state index in [0.29, 0.717) is 5.56 Å². The molecular weight excluding hydrogens is 272 g/mol. The summed E-state index contributed by atoms with van der Waals surface area (Å²) in [6.07, 6.45) is 3.33. The standard InChI is InChI=1S/C15H20N2O4/c1-21-15(18)11-8-6-10(7-9-11)14-16(19)12-4-2-3-5-13(12)17(14)20/h6-9,12-14,19-20H,2-5H2,1H3/t12-,13-/m0/s1. The van der Waals surface area contributed by atoms with Gasteiger partial charge >= 0.3 is 5.97 Å². The SMILES string of the molecule is COC(=O)c1ccc(C2N(O)[C@H]3CCCC[C@@H]3N2O)cc1. The van der Waals surface area contributed by atoms with Gasteiger partial charge in [0.1, 0.15) is 6.17 Å². The van der Waals surface area contributed by atoms with E-state index in [9.17, 15) is 15.2 Å². The Morgan fingerprint density at radius 2 is 1.62 bits per heavy atom. The van der Waals surface area contributed by atoms with Gasteiger partial charge in [-0.3, -0.25) is 0 Å². The molecule has 1 heterocycles. The highest BCUT2D eigenvalue weighted by Gasteiger charge is 2.47. The van der Waals surface area contributed by atoms with Crippen LogP contribution in [0.4, 0.5) is 0 Å². The summed E-state index contributed by atoms with van der Waals surface area (Å²) in [6.45, 7) is 0. The summed E-state index contributed by atoms with van der Waals surface area (Å²) in [4.78, 5) is 11.4. The van der Waals surface area contributed by atoms with Crippen molar-refractivity contribution in [2.45, 2.75) is 43.9 Å². The second-order valence-electron chi connectivity index (χ2n) is 5.67. The molecule has 2 aliphatic rings. The van der Waals surface area contributed by atoms with E-state index in [1.54, 1.807) is 24.3 Å². The zero-order valence-corrected chi connectivity index (χ0v) is 12.0. The van der Waals surface area contributed by atoms with E-state index < -0.39 is 12.1 Å². The van der Waals surface area contributed by atoms with Gasteiger partial charge in [0.05, 0.1) is 24.8 Å². The number of nitrogens with zero attached hydrogens (tertiary/aromatic N) is 2. The quantitative estimate of drug-likeness (QED) is 0.814. The lowest BCUT2D eigenvalue weighted by Gasteiger charge is -2.27. The van der Waals surface area contributed by atoms with Gasteiger partial charge in [-0.25, -0.2) is 4.79 Å². The molecule has 1 aromatic rings. The van der Waals surface area contributed by atoms with Crippen LogP contribution in [0.1, 0.15) is 47.8 Å². The highest BCUT2D eigenvalue weighted by Crippen LogP contribution is 2.40. The van der Waals surface area contributed by atoms with E-state index in [2.05, 4.69) is 4.74 Å². The van der Waals surface area contributed by atoms with Crippen molar-refractivity contribution in [3.8, 4) is 0 Å². The van der Waals surface area contributed by atoms with E-state index in [0.717, 1.165) is 31.2 Å². The van der Waals surface area contributed by atoms with Gasteiger partial charge in [0.25, 0.3) is 0 Å². The van der Waals surface area contributed by atoms with Crippen LogP contribution in [0.3, 0.4) is 0 Å². The maximum atomic E-state index is 11.4. The third-order valence-electron chi connectivity index (χ3n) is 4.50. The van der Waals surface area contributed by atoms with E-state index in [1.165, 1.54) is 17.2 Å². The molecular formula is C15H20N2O4. The molecule has 0 radical (unpaired) electrons. The lowest BCUT2D eigenvalue weighted by atomic mass is 9.91. The van der Waals surface area contributed by atoms with Crippen molar-refractivity contribution >= 4 is 5.97 Å². The number of esters is 1. The predicted molar refractivity (Wildman–Crippen MR) is 73.8 cm³/mol. The molecule has 2 N–H and O–H groups in total. The average Bonchev–Trinajstić information content (AvgIpc) is 2.79. The van der Waals surface area contributed by atoms with E-state index in [-0.39, 0.29) is 12.1 Å². The van der Waals surface area contributed by atoms with E-state index >= 15 is 0 Å². The molecule has 114 valence electrons. The summed E-state index contributed by atoms with van der Waals surface area (Å²) in [7, 11) is 1.34. The minimum atomic E-state index is -0.579. The van der Waals surface area contributed by atoms with Gasteiger partial charge < -0.3 is 15.2 Å². The van der Waals surface area contributed by atoms with Crippen molar-refractivity contribution < 1.29 is 19.9 Å². The van der Waals surface area contributed by atoms with Gasteiger partial charge in [0, 0.05) is 0 Å². The number of rotatable bonds is 2. The fourth-order valence-corrected chi connectivity index (χ4v) is 3.41. The zero-order valence-electron chi connectivity index (χ0n) is 12.0. The van der Waals surface area contributed by atoms with E-state index in [1.807, 2.05) is 0 Å². The molecule has 6 nitrogen and oxygen atoms in total. The predicted octanol–water partition coefficient (Wildman–Crippen LogP) is 2.18. The van der Waals surface area contributed by atoms with Gasteiger partial charge in [-0.2, -0.15) is 10.1 Å². The molecule has 0 unspecified atom stereocenters. The van der Waals surface area contributed by atoms with Crippen LogP contribution in [0.25, 0.3) is 0 Å². The van der Waals surface area contributed by atoms with E-state index in [4.69, 9.17) is 0 Å². The lowest BCUT2D eigenvalue weighted by molar-refractivity contribution is -0.211. The van der Waals surface area contributed by atoms with Crippen molar-refractivity contribution in [1.82, 2.24) is 10.1 Å². The molecule has 3 rings (SSSR count). The van der Waals surface area contributed by atoms with Crippen molar-refractivity contribution in [2.75, 3.05) is 7.11 Å². The van der Waals surface area contributed by atoms with Crippen LogP contribution in [0.5, 0.6) is 0 Å². The number of benzene rings is 1. The Balaban J connectivity index is 1.84. The van der Waals surface area contributed by atoms with Gasteiger partial charge in [-0.1, -0.05) is 25.0 Å². The first-order chi connectivity index (χ1) is 10.1. The Hall–Kier alpha value is -1.47. The molecule has 6 heteroatoms. The molecule has 21 heavy (non-hydrogen) atoms. The van der Waals surface area contributed by atoms with Crippen LogP contribution >= 0.6 is 0 Å². The summed E-state index contributed by atoms with van der Waals surface area (Å²) in [5, 5.41) is 23.2. The first kappa shape index (κ1) is 14.5. The van der Waals surface area contributed by atoms with Gasteiger partial charge in [-0.15, -0.1) is 0 Å². The normalized spacial score (nSPS) is 27.6. The smallest absolute Gasteiger partial charge is 0.337 e. The maximum absolute atomic E-state index is 11.4. The molecule has 0 bridgehead atoms.